The van der Waals surface area contributed by atoms with E-state index >= 15 is 0 Å². The molecule has 2 aromatic carbocycles. The summed E-state index contributed by atoms with van der Waals surface area (Å²) < 4.78 is 28.8. The summed E-state index contributed by atoms with van der Waals surface area (Å²) in [6.07, 6.45) is 3.10. The number of benzene rings is 2. The Morgan fingerprint density at radius 2 is 1.84 bits per heavy atom. The zero-order valence-corrected chi connectivity index (χ0v) is 16.5. The van der Waals surface area contributed by atoms with Gasteiger partial charge in [-0.05, 0) is 36.2 Å². The molecule has 1 aliphatic rings. The molecular weight excluding hydrogens is 402 g/mol. The Morgan fingerprint density at radius 1 is 1.06 bits per heavy atom. The predicted octanol–water partition coefficient (Wildman–Crippen LogP) is 4.29. The molecule has 0 bridgehead atoms. The van der Waals surface area contributed by atoms with Gasteiger partial charge in [-0.25, -0.2) is 8.78 Å². The maximum Gasteiger partial charge on any atom is 0.295 e. The quantitative estimate of drug-likeness (QED) is 0.388. The van der Waals surface area contributed by atoms with E-state index in [1.807, 2.05) is 0 Å². The molecule has 1 amide bonds. The second-order valence-electron chi connectivity index (χ2n) is 7.27. The molecule has 156 valence electrons. The zero-order valence-electron chi connectivity index (χ0n) is 16.5. The topological polar surface area (TPSA) is 70.5 Å². The second-order valence-corrected chi connectivity index (χ2v) is 7.27. The van der Waals surface area contributed by atoms with Gasteiger partial charge in [0.1, 0.15) is 17.4 Å². The summed E-state index contributed by atoms with van der Waals surface area (Å²) in [4.78, 5) is 31.0. The monoisotopic (exact) mass is 420 g/mol. The summed E-state index contributed by atoms with van der Waals surface area (Å²) in [7, 11) is 0. The Bertz CT molecular complexity index is 1210. The van der Waals surface area contributed by atoms with Crippen LogP contribution in [0.5, 0.6) is 0 Å². The van der Waals surface area contributed by atoms with Gasteiger partial charge in [-0.15, -0.1) is 0 Å². The summed E-state index contributed by atoms with van der Waals surface area (Å²) >= 11 is 0. The van der Waals surface area contributed by atoms with E-state index in [0.717, 1.165) is 6.07 Å². The Balaban J connectivity index is 1.90. The molecular formula is C24H18F2N2O3. The molecule has 0 aliphatic carbocycles. The fourth-order valence-corrected chi connectivity index (χ4v) is 3.65. The van der Waals surface area contributed by atoms with Crippen LogP contribution >= 0.6 is 0 Å². The fourth-order valence-electron chi connectivity index (χ4n) is 3.65. The normalized spacial score (nSPS) is 17.9. The van der Waals surface area contributed by atoms with Crippen LogP contribution in [0.1, 0.15) is 28.3 Å². The number of hydrogen-bond acceptors (Lipinski definition) is 4. The first kappa shape index (κ1) is 20.4. The van der Waals surface area contributed by atoms with Crippen molar-refractivity contribution in [3.8, 4) is 0 Å². The average molecular weight is 420 g/mol. The van der Waals surface area contributed by atoms with Gasteiger partial charge in [0, 0.05) is 30.1 Å². The van der Waals surface area contributed by atoms with E-state index in [9.17, 15) is 23.5 Å². The van der Waals surface area contributed by atoms with Crippen LogP contribution < -0.4 is 0 Å². The smallest absolute Gasteiger partial charge is 0.295 e. The van der Waals surface area contributed by atoms with Crippen LogP contribution in [0.2, 0.25) is 0 Å². The Hall–Kier alpha value is -3.87. The van der Waals surface area contributed by atoms with E-state index in [4.69, 9.17) is 0 Å². The lowest BCUT2D eigenvalue weighted by Crippen LogP contribution is -2.29. The molecule has 2 heterocycles. The maximum atomic E-state index is 14.7. The van der Waals surface area contributed by atoms with Crippen LogP contribution in [0, 0.1) is 18.6 Å². The van der Waals surface area contributed by atoms with E-state index in [-0.39, 0.29) is 23.2 Å². The van der Waals surface area contributed by atoms with Crippen molar-refractivity contribution in [3.63, 3.8) is 0 Å². The SMILES string of the molecule is Cc1ccc(C(O)=C2C(=O)C(=O)N(Cc3cccnc3)C2c2ccccc2F)cc1F. The highest BCUT2D eigenvalue weighted by atomic mass is 19.1. The van der Waals surface area contributed by atoms with Gasteiger partial charge < -0.3 is 10.0 Å². The third-order valence-corrected chi connectivity index (χ3v) is 5.26. The molecule has 4 rings (SSSR count). The zero-order chi connectivity index (χ0) is 22.1. The minimum Gasteiger partial charge on any atom is -0.507 e. The van der Waals surface area contributed by atoms with Crippen molar-refractivity contribution < 1.29 is 23.5 Å². The molecule has 1 unspecified atom stereocenters. The number of aliphatic hydroxyl groups is 1. The maximum absolute atomic E-state index is 14.7. The van der Waals surface area contributed by atoms with Gasteiger partial charge in [0.2, 0.25) is 0 Å². The fraction of sp³-hybridized carbons (Fsp3) is 0.125. The number of nitrogens with zero attached hydrogens (tertiary/aromatic N) is 2. The van der Waals surface area contributed by atoms with Crippen molar-refractivity contribution >= 4 is 17.4 Å². The summed E-state index contributed by atoms with van der Waals surface area (Å²) in [6, 6.07) is 11.9. The van der Waals surface area contributed by atoms with Crippen molar-refractivity contribution in [2.24, 2.45) is 0 Å². The van der Waals surface area contributed by atoms with E-state index in [1.54, 1.807) is 31.3 Å². The number of carbonyl (C=O) groups excluding carboxylic acids is 2. The lowest BCUT2D eigenvalue weighted by Gasteiger charge is -2.25. The van der Waals surface area contributed by atoms with Crippen LogP contribution in [0.15, 0.2) is 72.6 Å². The van der Waals surface area contributed by atoms with Crippen LogP contribution in [0.4, 0.5) is 8.78 Å². The van der Waals surface area contributed by atoms with E-state index in [1.165, 1.54) is 41.4 Å². The van der Waals surface area contributed by atoms with Gasteiger partial charge in [0.05, 0.1) is 11.6 Å². The molecule has 3 aromatic rings. The van der Waals surface area contributed by atoms with Crippen LogP contribution in [0.3, 0.4) is 0 Å². The average Bonchev–Trinajstić information content (AvgIpc) is 3.01. The number of ketones is 1. The lowest BCUT2D eigenvalue weighted by atomic mass is 9.94. The minimum atomic E-state index is -1.18. The number of amides is 1. The number of likely N-dealkylation sites (tertiary alicyclic amines) is 1. The Morgan fingerprint density at radius 3 is 2.52 bits per heavy atom. The molecule has 5 nitrogen and oxygen atoms in total. The number of hydrogen-bond donors (Lipinski definition) is 1. The summed E-state index contributed by atoms with van der Waals surface area (Å²) in [5, 5.41) is 10.9. The lowest BCUT2D eigenvalue weighted by molar-refractivity contribution is -0.140. The third kappa shape index (κ3) is 3.70. The van der Waals surface area contributed by atoms with Gasteiger partial charge in [-0.2, -0.15) is 0 Å². The summed E-state index contributed by atoms with van der Waals surface area (Å²) in [5.74, 6) is -3.61. The summed E-state index contributed by atoms with van der Waals surface area (Å²) in [5.41, 5.74) is 0.789. The van der Waals surface area contributed by atoms with Gasteiger partial charge in [0.25, 0.3) is 11.7 Å². The van der Waals surface area contributed by atoms with Crippen LogP contribution in [0.25, 0.3) is 5.76 Å². The molecule has 31 heavy (non-hydrogen) atoms. The van der Waals surface area contributed by atoms with Crippen LogP contribution in [-0.2, 0) is 16.1 Å². The van der Waals surface area contributed by atoms with E-state index in [2.05, 4.69) is 4.98 Å². The molecule has 1 aliphatic heterocycles. The molecule has 1 saturated heterocycles. The molecule has 0 radical (unpaired) electrons. The summed E-state index contributed by atoms with van der Waals surface area (Å²) in [6.45, 7) is 1.54. The van der Waals surface area contributed by atoms with E-state index in [0.29, 0.717) is 11.1 Å². The highest BCUT2D eigenvalue weighted by molar-refractivity contribution is 6.46. The largest absolute Gasteiger partial charge is 0.507 e. The highest BCUT2D eigenvalue weighted by Crippen LogP contribution is 2.41. The van der Waals surface area contributed by atoms with Crippen molar-refractivity contribution in [1.29, 1.82) is 0 Å². The molecule has 0 spiro atoms. The second kappa shape index (κ2) is 8.10. The van der Waals surface area contributed by atoms with Crippen molar-refractivity contribution in [3.05, 3.63) is 106 Å². The first-order valence-electron chi connectivity index (χ1n) is 9.56. The number of aliphatic hydroxyl groups excluding tert-OH is 1. The third-order valence-electron chi connectivity index (χ3n) is 5.26. The first-order chi connectivity index (χ1) is 14.9. The number of aryl methyl sites for hydroxylation is 1. The minimum absolute atomic E-state index is 0.0174. The Labute approximate surface area is 177 Å². The van der Waals surface area contributed by atoms with Crippen molar-refractivity contribution in [1.82, 2.24) is 9.88 Å². The molecule has 1 fully saturated rings. The predicted molar refractivity (Wildman–Crippen MR) is 110 cm³/mol. The first-order valence-corrected chi connectivity index (χ1v) is 9.56. The number of halogens is 2. The number of carbonyl (C=O) groups is 2. The van der Waals surface area contributed by atoms with Gasteiger partial charge in [-0.3, -0.25) is 14.6 Å². The molecule has 1 aromatic heterocycles. The molecule has 1 atom stereocenters. The molecule has 7 heteroatoms. The number of aromatic nitrogens is 1. The molecule has 1 N–H and O–H groups in total. The standard InChI is InChI=1S/C24H18F2N2O3/c1-14-8-9-16(11-19(14)26)22(29)20-21(17-6-2-3-7-18(17)25)28(24(31)23(20)30)13-15-5-4-10-27-12-15/h2-12,21,29H,13H2,1H3. The van der Waals surface area contributed by atoms with Gasteiger partial charge in [-0.1, -0.05) is 36.4 Å². The van der Waals surface area contributed by atoms with Crippen LogP contribution in [-0.4, -0.2) is 26.7 Å². The number of rotatable bonds is 4. The van der Waals surface area contributed by atoms with Crippen molar-refractivity contribution in [2.75, 3.05) is 0 Å². The number of Topliss-reactive ketones (excluding diaryl/α,β-unsaturated/α-hetero) is 1. The van der Waals surface area contributed by atoms with Crippen molar-refractivity contribution in [2.45, 2.75) is 19.5 Å². The van der Waals surface area contributed by atoms with Gasteiger partial charge in [0.15, 0.2) is 0 Å². The Kier molecular flexibility index (Phi) is 5.33. The van der Waals surface area contributed by atoms with Gasteiger partial charge >= 0.3 is 0 Å². The highest BCUT2D eigenvalue weighted by Gasteiger charge is 2.47. The molecule has 0 saturated carbocycles. The number of pyridine rings is 1. The van der Waals surface area contributed by atoms with E-state index < -0.39 is 35.1 Å².